The monoisotopic (exact) mass is 368 g/mol. The van der Waals surface area contributed by atoms with Gasteiger partial charge in [-0.05, 0) is 48.5 Å². The van der Waals surface area contributed by atoms with Crippen LogP contribution in [-0.2, 0) is 10.0 Å². The molecule has 132 valence electrons. The summed E-state index contributed by atoms with van der Waals surface area (Å²) >= 11 is 0. The molecule has 1 aromatic heterocycles. The van der Waals surface area contributed by atoms with Crippen molar-refractivity contribution in [2.75, 3.05) is 15.8 Å². The molecular formula is C18H16N4O3S. The fourth-order valence-electron chi connectivity index (χ4n) is 2.21. The van der Waals surface area contributed by atoms with E-state index in [0.29, 0.717) is 22.6 Å². The Balaban J connectivity index is 1.72. The number of anilines is 3. The molecular weight excluding hydrogens is 352 g/mol. The first kappa shape index (κ1) is 17.4. The SMILES string of the molecule is Nc1ccccc1NC(=O)c1ccc(NS(=O)(=O)c2ccccn2)cc1. The van der Waals surface area contributed by atoms with Crippen LogP contribution >= 0.6 is 0 Å². The third kappa shape index (κ3) is 3.98. The zero-order valence-corrected chi connectivity index (χ0v) is 14.4. The van der Waals surface area contributed by atoms with Gasteiger partial charge in [-0.1, -0.05) is 18.2 Å². The van der Waals surface area contributed by atoms with Gasteiger partial charge in [0.1, 0.15) is 0 Å². The summed E-state index contributed by atoms with van der Waals surface area (Å²) in [5, 5.41) is 2.63. The molecule has 0 spiro atoms. The Morgan fingerprint density at radius 2 is 1.62 bits per heavy atom. The van der Waals surface area contributed by atoms with Gasteiger partial charge in [0.05, 0.1) is 11.4 Å². The maximum absolute atomic E-state index is 12.3. The number of nitrogen functional groups attached to an aromatic ring is 1. The number of nitrogens with zero attached hydrogens (tertiary/aromatic N) is 1. The van der Waals surface area contributed by atoms with Crippen molar-refractivity contribution in [3.63, 3.8) is 0 Å². The minimum Gasteiger partial charge on any atom is -0.397 e. The fraction of sp³-hybridized carbons (Fsp3) is 0. The number of benzene rings is 2. The van der Waals surface area contributed by atoms with Crippen LogP contribution in [0.15, 0.2) is 78.0 Å². The lowest BCUT2D eigenvalue weighted by atomic mass is 10.2. The number of nitrogens with one attached hydrogen (secondary N) is 2. The lowest BCUT2D eigenvalue weighted by molar-refractivity contribution is 0.102. The van der Waals surface area contributed by atoms with Crippen molar-refractivity contribution in [1.82, 2.24) is 4.98 Å². The predicted molar refractivity (Wildman–Crippen MR) is 100 cm³/mol. The van der Waals surface area contributed by atoms with E-state index < -0.39 is 10.0 Å². The summed E-state index contributed by atoms with van der Waals surface area (Å²) in [6.45, 7) is 0. The molecule has 0 saturated carbocycles. The second-order valence-electron chi connectivity index (χ2n) is 5.39. The van der Waals surface area contributed by atoms with Crippen LogP contribution in [0.1, 0.15) is 10.4 Å². The molecule has 0 unspecified atom stereocenters. The summed E-state index contributed by atoms with van der Waals surface area (Å²) in [5.74, 6) is -0.345. The van der Waals surface area contributed by atoms with Gasteiger partial charge in [0.25, 0.3) is 15.9 Å². The average Bonchev–Trinajstić information content (AvgIpc) is 2.64. The normalized spacial score (nSPS) is 10.9. The van der Waals surface area contributed by atoms with Crippen molar-refractivity contribution in [2.45, 2.75) is 5.03 Å². The standard InChI is InChI=1S/C18H16N4O3S/c19-15-5-1-2-6-16(15)21-18(23)13-8-10-14(11-9-13)22-26(24,25)17-7-3-4-12-20-17/h1-12,22H,19H2,(H,21,23). The van der Waals surface area contributed by atoms with Crippen molar-refractivity contribution < 1.29 is 13.2 Å². The summed E-state index contributed by atoms with van der Waals surface area (Å²) in [5.41, 5.74) is 7.46. The Labute approximate surface area is 150 Å². The number of amides is 1. The van der Waals surface area contributed by atoms with Gasteiger partial charge < -0.3 is 11.1 Å². The Kier molecular flexibility index (Phi) is 4.85. The highest BCUT2D eigenvalue weighted by Gasteiger charge is 2.15. The predicted octanol–water partition coefficient (Wildman–Crippen LogP) is 2.72. The van der Waals surface area contributed by atoms with Gasteiger partial charge >= 0.3 is 0 Å². The highest BCUT2D eigenvalue weighted by molar-refractivity contribution is 7.92. The van der Waals surface area contributed by atoms with E-state index in [4.69, 9.17) is 5.73 Å². The molecule has 0 aliphatic heterocycles. The van der Waals surface area contributed by atoms with Crippen LogP contribution < -0.4 is 15.8 Å². The maximum atomic E-state index is 12.3. The minimum absolute atomic E-state index is 0.0821. The van der Waals surface area contributed by atoms with Crippen molar-refractivity contribution in [3.8, 4) is 0 Å². The Hall–Kier alpha value is -3.39. The number of aromatic nitrogens is 1. The van der Waals surface area contributed by atoms with Crippen LogP contribution in [0.3, 0.4) is 0 Å². The molecule has 4 N–H and O–H groups in total. The van der Waals surface area contributed by atoms with Crippen molar-refractivity contribution in [2.24, 2.45) is 0 Å². The molecule has 1 heterocycles. The number of carbonyl (C=O) groups is 1. The Morgan fingerprint density at radius 3 is 2.27 bits per heavy atom. The van der Waals surface area contributed by atoms with Gasteiger partial charge in [0.2, 0.25) is 0 Å². The van der Waals surface area contributed by atoms with Crippen LogP contribution in [0.2, 0.25) is 0 Å². The molecule has 3 aromatic rings. The number of rotatable bonds is 5. The van der Waals surface area contributed by atoms with Gasteiger partial charge in [-0.25, -0.2) is 4.98 Å². The molecule has 26 heavy (non-hydrogen) atoms. The quantitative estimate of drug-likeness (QED) is 0.599. The van der Waals surface area contributed by atoms with E-state index in [1.54, 1.807) is 36.4 Å². The van der Waals surface area contributed by atoms with Gasteiger partial charge in [0, 0.05) is 17.4 Å². The summed E-state index contributed by atoms with van der Waals surface area (Å²) in [7, 11) is -3.78. The lowest BCUT2D eigenvalue weighted by Gasteiger charge is -2.09. The molecule has 3 rings (SSSR count). The van der Waals surface area contributed by atoms with Crippen molar-refractivity contribution >= 4 is 33.0 Å². The molecule has 0 fully saturated rings. The zero-order valence-electron chi connectivity index (χ0n) is 13.6. The Morgan fingerprint density at radius 1 is 0.923 bits per heavy atom. The third-order valence-corrected chi connectivity index (χ3v) is 4.82. The largest absolute Gasteiger partial charge is 0.397 e. The molecule has 0 bridgehead atoms. The highest BCUT2D eigenvalue weighted by atomic mass is 32.2. The van der Waals surface area contributed by atoms with E-state index in [9.17, 15) is 13.2 Å². The van der Waals surface area contributed by atoms with E-state index in [1.807, 2.05) is 0 Å². The molecule has 0 saturated heterocycles. The molecule has 0 aliphatic rings. The highest BCUT2D eigenvalue weighted by Crippen LogP contribution is 2.19. The molecule has 0 atom stereocenters. The van der Waals surface area contributed by atoms with Crippen LogP contribution in [0.4, 0.5) is 17.1 Å². The van der Waals surface area contributed by atoms with Crippen LogP contribution in [-0.4, -0.2) is 19.3 Å². The van der Waals surface area contributed by atoms with E-state index in [1.165, 1.54) is 36.5 Å². The summed E-state index contributed by atoms with van der Waals surface area (Å²) in [4.78, 5) is 16.1. The van der Waals surface area contributed by atoms with Gasteiger partial charge in [-0.2, -0.15) is 8.42 Å². The number of pyridine rings is 1. The lowest BCUT2D eigenvalue weighted by Crippen LogP contribution is -2.15. The van der Waals surface area contributed by atoms with Crippen LogP contribution in [0, 0.1) is 0 Å². The third-order valence-electron chi connectivity index (χ3n) is 3.52. The second kappa shape index (κ2) is 7.24. The van der Waals surface area contributed by atoms with Gasteiger partial charge in [0.15, 0.2) is 5.03 Å². The first-order valence-electron chi connectivity index (χ1n) is 7.65. The summed E-state index contributed by atoms with van der Waals surface area (Å²) < 4.78 is 26.9. The number of nitrogens with two attached hydrogens (primary N) is 1. The van der Waals surface area contributed by atoms with E-state index in [-0.39, 0.29) is 10.9 Å². The molecule has 8 heteroatoms. The summed E-state index contributed by atoms with van der Waals surface area (Å²) in [6.07, 6.45) is 1.40. The van der Waals surface area contributed by atoms with E-state index >= 15 is 0 Å². The van der Waals surface area contributed by atoms with Crippen LogP contribution in [0.5, 0.6) is 0 Å². The number of sulfonamides is 1. The van der Waals surface area contributed by atoms with Crippen molar-refractivity contribution in [1.29, 1.82) is 0 Å². The van der Waals surface area contributed by atoms with E-state index in [2.05, 4.69) is 15.0 Å². The zero-order chi connectivity index (χ0) is 18.6. The first-order valence-corrected chi connectivity index (χ1v) is 9.14. The number of carbonyl (C=O) groups excluding carboxylic acids is 1. The molecule has 1 amide bonds. The molecule has 2 aromatic carbocycles. The van der Waals surface area contributed by atoms with Crippen LogP contribution in [0.25, 0.3) is 0 Å². The van der Waals surface area contributed by atoms with Crippen molar-refractivity contribution in [3.05, 3.63) is 78.5 Å². The average molecular weight is 368 g/mol. The second-order valence-corrected chi connectivity index (χ2v) is 7.02. The molecule has 0 aliphatic carbocycles. The first-order chi connectivity index (χ1) is 12.5. The smallest absolute Gasteiger partial charge is 0.279 e. The van der Waals surface area contributed by atoms with E-state index in [0.717, 1.165) is 0 Å². The molecule has 0 radical (unpaired) electrons. The number of para-hydroxylation sites is 2. The Bertz CT molecular complexity index is 1020. The minimum atomic E-state index is -3.78. The summed E-state index contributed by atoms with van der Waals surface area (Å²) in [6, 6.07) is 17.6. The fourth-order valence-corrected chi connectivity index (χ4v) is 3.22. The van der Waals surface area contributed by atoms with Gasteiger partial charge in [-0.15, -0.1) is 0 Å². The maximum Gasteiger partial charge on any atom is 0.279 e. The molecule has 7 nitrogen and oxygen atoms in total. The number of hydrogen-bond donors (Lipinski definition) is 3. The van der Waals surface area contributed by atoms with Gasteiger partial charge in [-0.3, -0.25) is 9.52 Å². The number of hydrogen-bond acceptors (Lipinski definition) is 5. The topological polar surface area (TPSA) is 114 Å².